The fourth-order valence-corrected chi connectivity index (χ4v) is 2.62. The van der Waals surface area contributed by atoms with Crippen molar-refractivity contribution in [3.63, 3.8) is 0 Å². The average Bonchev–Trinajstić information content (AvgIpc) is 2.60. The van der Waals surface area contributed by atoms with Gasteiger partial charge in [0, 0.05) is 32.2 Å². The lowest BCUT2D eigenvalue weighted by Crippen LogP contribution is -2.37. The van der Waals surface area contributed by atoms with Gasteiger partial charge in [-0.3, -0.25) is 9.59 Å². The van der Waals surface area contributed by atoms with Gasteiger partial charge in [0.1, 0.15) is 0 Å². The van der Waals surface area contributed by atoms with E-state index in [1.54, 1.807) is 12.1 Å². The van der Waals surface area contributed by atoms with Crippen LogP contribution >= 0.6 is 0 Å². The van der Waals surface area contributed by atoms with Crippen molar-refractivity contribution in [1.82, 2.24) is 4.90 Å². The Bertz CT molecular complexity index is 684. The molecule has 0 aliphatic carbocycles. The van der Waals surface area contributed by atoms with Crippen molar-refractivity contribution in [2.24, 2.45) is 5.73 Å². The van der Waals surface area contributed by atoms with Crippen molar-refractivity contribution >= 4 is 17.5 Å². The van der Waals surface area contributed by atoms with Crippen molar-refractivity contribution in [3.05, 3.63) is 65.7 Å². The van der Waals surface area contributed by atoms with E-state index in [9.17, 15) is 9.59 Å². The zero-order valence-corrected chi connectivity index (χ0v) is 14.6. The van der Waals surface area contributed by atoms with Crippen LogP contribution in [-0.2, 0) is 22.4 Å². The molecular weight excluding hydrogens is 314 g/mol. The molecule has 0 unspecified atom stereocenters. The first-order valence-corrected chi connectivity index (χ1v) is 8.47. The number of carbonyl (C=O) groups excluding carboxylic acids is 2. The fraction of sp³-hybridized carbons (Fsp3) is 0.300. The molecule has 132 valence electrons. The lowest BCUT2D eigenvalue weighted by molar-refractivity contribution is -0.130. The summed E-state index contributed by atoms with van der Waals surface area (Å²) < 4.78 is 0. The van der Waals surface area contributed by atoms with Crippen molar-refractivity contribution < 1.29 is 9.59 Å². The van der Waals surface area contributed by atoms with Gasteiger partial charge in [0.2, 0.25) is 11.8 Å². The summed E-state index contributed by atoms with van der Waals surface area (Å²) in [5.74, 6) is -0.0486. The van der Waals surface area contributed by atoms with Crippen LogP contribution in [0.4, 0.5) is 5.69 Å². The van der Waals surface area contributed by atoms with Gasteiger partial charge in [0.05, 0.1) is 6.42 Å². The molecule has 3 N–H and O–H groups in total. The van der Waals surface area contributed by atoms with Crippen molar-refractivity contribution in [2.45, 2.75) is 19.8 Å². The number of nitrogens with one attached hydrogen (secondary N) is 1. The highest BCUT2D eigenvalue weighted by Gasteiger charge is 2.13. The van der Waals surface area contributed by atoms with Crippen LogP contribution in [0.25, 0.3) is 0 Å². The minimum Gasteiger partial charge on any atom is -0.341 e. The van der Waals surface area contributed by atoms with Gasteiger partial charge in [-0.15, -0.1) is 0 Å². The summed E-state index contributed by atoms with van der Waals surface area (Å²) in [4.78, 5) is 25.4. The van der Waals surface area contributed by atoms with Crippen LogP contribution in [0.15, 0.2) is 54.6 Å². The van der Waals surface area contributed by atoms with Gasteiger partial charge in [0.25, 0.3) is 0 Å². The van der Waals surface area contributed by atoms with Crippen LogP contribution < -0.4 is 11.1 Å². The van der Waals surface area contributed by atoms with Gasteiger partial charge in [-0.1, -0.05) is 42.5 Å². The van der Waals surface area contributed by atoms with Gasteiger partial charge in [0.15, 0.2) is 0 Å². The zero-order valence-electron chi connectivity index (χ0n) is 14.6. The van der Waals surface area contributed by atoms with Crippen LogP contribution in [0.5, 0.6) is 0 Å². The van der Waals surface area contributed by atoms with Crippen molar-refractivity contribution in [3.8, 4) is 0 Å². The maximum Gasteiger partial charge on any atom is 0.227 e. The third-order valence-electron chi connectivity index (χ3n) is 3.89. The topological polar surface area (TPSA) is 75.4 Å². The van der Waals surface area contributed by atoms with Crippen LogP contribution in [0.3, 0.4) is 0 Å². The molecule has 0 spiro atoms. The Hall–Kier alpha value is -2.66. The Morgan fingerprint density at radius 1 is 0.960 bits per heavy atom. The second-order valence-electron chi connectivity index (χ2n) is 5.96. The first-order chi connectivity index (χ1) is 12.1. The molecular formula is C20H25N3O2. The highest BCUT2D eigenvalue weighted by molar-refractivity contribution is 5.88. The molecule has 5 heteroatoms. The van der Waals surface area contributed by atoms with E-state index in [0.29, 0.717) is 26.1 Å². The number of carbonyl (C=O) groups is 2. The predicted molar refractivity (Wildman–Crippen MR) is 100 cm³/mol. The number of rotatable bonds is 8. The van der Waals surface area contributed by atoms with Crippen LogP contribution in [0.2, 0.25) is 0 Å². The van der Waals surface area contributed by atoms with Gasteiger partial charge in [-0.25, -0.2) is 0 Å². The van der Waals surface area contributed by atoms with Crippen LogP contribution in [0, 0.1) is 0 Å². The summed E-state index contributed by atoms with van der Waals surface area (Å²) in [6.45, 7) is 3.12. The summed E-state index contributed by atoms with van der Waals surface area (Å²) in [6, 6.07) is 17.4. The molecule has 0 bridgehead atoms. The Morgan fingerprint density at radius 2 is 1.64 bits per heavy atom. The smallest absolute Gasteiger partial charge is 0.227 e. The molecule has 2 aromatic carbocycles. The maximum absolute atomic E-state index is 12.6. The van der Waals surface area contributed by atoms with Crippen molar-refractivity contribution in [2.75, 3.05) is 25.0 Å². The molecule has 0 atom stereocenters. The standard InChI is InChI=1S/C20H25N3O2/c1-16(24)22-19-9-7-18(8-10-19)15-20(25)23(14-12-21)13-11-17-5-3-2-4-6-17/h2-10H,11-15,21H2,1H3,(H,22,24). The molecule has 0 fully saturated rings. The first-order valence-electron chi connectivity index (χ1n) is 8.47. The molecule has 2 aromatic rings. The Morgan fingerprint density at radius 3 is 2.24 bits per heavy atom. The molecule has 0 aromatic heterocycles. The Kier molecular flexibility index (Phi) is 7.16. The van der Waals surface area contributed by atoms with E-state index < -0.39 is 0 Å². The molecule has 0 aliphatic rings. The second kappa shape index (κ2) is 9.59. The quantitative estimate of drug-likeness (QED) is 0.774. The molecule has 0 aliphatic heterocycles. The van der Waals surface area contributed by atoms with Gasteiger partial charge in [-0.05, 0) is 29.7 Å². The van der Waals surface area contributed by atoms with E-state index in [1.165, 1.54) is 12.5 Å². The molecule has 2 amide bonds. The summed E-state index contributed by atoms with van der Waals surface area (Å²) >= 11 is 0. The zero-order chi connectivity index (χ0) is 18.1. The number of amides is 2. The molecule has 2 rings (SSSR count). The van der Waals surface area contributed by atoms with E-state index in [4.69, 9.17) is 5.73 Å². The normalized spacial score (nSPS) is 10.3. The third kappa shape index (κ3) is 6.39. The van der Waals surface area contributed by atoms with E-state index in [2.05, 4.69) is 17.4 Å². The Balaban J connectivity index is 1.93. The lowest BCUT2D eigenvalue weighted by Gasteiger charge is -2.22. The highest BCUT2D eigenvalue weighted by Crippen LogP contribution is 2.11. The molecule has 5 nitrogen and oxygen atoms in total. The van der Waals surface area contributed by atoms with Gasteiger partial charge >= 0.3 is 0 Å². The minimum atomic E-state index is -0.112. The van der Waals surface area contributed by atoms with E-state index in [1.807, 2.05) is 35.2 Å². The van der Waals surface area contributed by atoms with Gasteiger partial charge in [-0.2, -0.15) is 0 Å². The molecule has 0 saturated carbocycles. The highest BCUT2D eigenvalue weighted by atomic mass is 16.2. The monoisotopic (exact) mass is 339 g/mol. The SMILES string of the molecule is CC(=O)Nc1ccc(CC(=O)N(CCN)CCc2ccccc2)cc1. The lowest BCUT2D eigenvalue weighted by atomic mass is 10.1. The summed E-state index contributed by atoms with van der Waals surface area (Å²) in [6.07, 6.45) is 1.14. The maximum atomic E-state index is 12.6. The predicted octanol–water partition coefficient (Wildman–Crippen LogP) is 2.22. The number of anilines is 1. The number of hydrogen-bond acceptors (Lipinski definition) is 3. The van der Waals surface area contributed by atoms with Crippen LogP contribution in [0.1, 0.15) is 18.1 Å². The molecule has 0 radical (unpaired) electrons. The first kappa shape index (κ1) is 18.7. The largest absolute Gasteiger partial charge is 0.341 e. The van der Waals surface area contributed by atoms with E-state index in [-0.39, 0.29) is 11.8 Å². The average molecular weight is 339 g/mol. The van der Waals surface area contributed by atoms with Crippen molar-refractivity contribution in [1.29, 1.82) is 0 Å². The molecule has 25 heavy (non-hydrogen) atoms. The second-order valence-corrected chi connectivity index (χ2v) is 5.96. The summed E-state index contributed by atoms with van der Waals surface area (Å²) in [7, 11) is 0. The number of nitrogens with two attached hydrogens (primary N) is 1. The Labute approximate surface area is 148 Å². The number of hydrogen-bond donors (Lipinski definition) is 2. The fourth-order valence-electron chi connectivity index (χ4n) is 2.62. The van der Waals surface area contributed by atoms with E-state index in [0.717, 1.165) is 17.7 Å². The minimum absolute atomic E-state index is 0.0636. The molecule has 0 saturated heterocycles. The number of nitrogens with zero attached hydrogens (tertiary/aromatic N) is 1. The van der Waals surface area contributed by atoms with Gasteiger partial charge < -0.3 is 16.0 Å². The van der Waals surface area contributed by atoms with E-state index >= 15 is 0 Å². The number of benzene rings is 2. The van der Waals surface area contributed by atoms with Crippen LogP contribution in [-0.4, -0.2) is 36.3 Å². The third-order valence-corrected chi connectivity index (χ3v) is 3.89. The summed E-state index contributed by atoms with van der Waals surface area (Å²) in [5, 5.41) is 2.72. The summed E-state index contributed by atoms with van der Waals surface area (Å²) in [5.41, 5.74) is 8.51. The molecule has 0 heterocycles.